The standard InChI is InChI=1S/C32H37N3O/c1-4-5-7-13-23(3)30-28-21-25(19-20-29(28)35(34-30)26-14-8-6-9-15-26)32(36)33-31(24-17-18-24)27-16-11-10-12-22(27)2/h6,8-12,14-16,19-21,23-24,31H,4-5,7,13,17-18H2,1-3H3,(H,33,36). The maximum Gasteiger partial charge on any atom is 0.251 e. The van der Waals surface area contributed by atoms with Crippen LogP contribution in [0.4, 0.5) is 0 Å². The highest BCUT2D eigenvalue weighted by atomic mass is 16.1. The number of para-hydroxylation sites is 1. The third-order valence-corrected chi connectivity index (χ3v) is 7.58. The zero-order chi connectivity index (χ0) is 25.1. The maximum atomic E-state index is 13.5. The van der Waals surface area contributed by atoms with Crippen LogP contribution in [0.15, 0.2) is 72.8 Å². The predicted octanol–water partition coefficient (Wildman–Crippen LogP) is 7.90. The largest absolute Gasteiger partial charge is 0.345 e. The normalized spacial score (nSPS) is 15.1. The molecule has 1 saturated carbocycles. The Hall–Kier alpha value is -3.40. The Bertz CT molecular complexity index is 1340. The minimum Gasteiger partial charge on any atom is -0.345 e. The summed E-state index contributed by atoms with van der Waals surface area (Å²) in [4.78, 5) is 13.5. The van der Waals surface area contributed by atoms with Crippen LogP contribution in [0.5, 0.6) is 0 Å². The van der Waals surface area contributed by atoms with Gasteiger partial charge in [0.1, 0.15) is 0 Å². The molecule has 186 valence electrons. The van der Waals surface area contributed by atoms with Gasteiger partial charge in [-0.05, 0) is 73.6 Å². The Morgan fingerprint density at radius 2 is 1.78 bits per heavy atom. The number of aromatic nitrogens is 2. The monoisotopic (exact) mass is 479 g/mol. The predicted molar refractivity (Wildman–Crippen MR) is 148 cm³/mol. The molecule has 0 bridgehead atoms. The summed E-state index contributed by atoms with van der Waals surface area (Å²) in [5.41, 5.74) is 6.34. The molecule has 1 amide bonds. The van der Waals surface area contributed by atoms with E-state index in [-0.39, 0.29) is 11.9 Å². The van der Waals surface area contributed by atoms with Crippen molar-refractivity contribution < 1.29 is 4.79 Å². The topological polar surface area (TPSA) is 46.9 Å². The van der Waals surface area contributed by atoms with Crippen molar-refractivity contribution in [2.45, 2.75) is 71.3 Å². The first-order valence-electron chi connectivity index (χ1n) is 13.5. The number of nitrogens with one attached hydrogen (secondary N) is 1. The smallest absolute Gasteiger partial charge is 0.251 e. The number of rotatable bonds is 10. The molecule has 0 saturated heterocycles. The number of aryl methyl sites for hydroxylation is 1. The van der Waals surface area contributed by atoms with Gasteiger partial charge in [-0.2, -0.15) is 5.10 Å². The first-order chi connectivity index (χ1) is 17.6. The van der Waals surface area contributed by atoms with Gasteiger partial charge < -0.3 is 5.32 Å². The van der Waals surface area contributed by atoms with Crippen molar-refractivity contribution in [3.8, 4) is 5.69 Å². The highest BCUT2D eigenvalue weighted by Gasteiger charge is 2.34. The zero-order valence-corrected chi connectivity index (χ0v) is 21.7. The second-order valence-electron chi connectivity index (χ2n) is 10.4. The Kier molecular flexibility index (Phi) is 7.22. The van der Waals surface area contributed by atoms with Gasteiger partial charge >= 0.3 is 0 Å². The van der Waals surface area contributed by atoms with Crippen LogP contribution in [-0.2, 0) is 0 Å². The lowest BCUT2D eigenvalue weighted by Gasteiger charge is -2.21. The zero-order valence-electron chi connectivity index (χ0n) is 21.7. The van der Waals surface area contributed by atoms with Crippen molar-refractivity contribution in [2.24, 2.45) is 5.92 Å². The number of hydrogen-bond donors (Lipinski definition) is 1. The minimum absolute atomic E-state index is 0.00546. The molecule has 4 heteroatoms. The average Bonchev–Trinajstić information content (AvgIpc) is 3.67. The summed E-state index contributed by atoms with van der Waals surface area (Å²) in [5.74, 6) is 0.844. The van der Waals surface area contributed by atoms with Gasteiger partial charge in [-0.15, -0.1) is 0 Å². The van der Waals surface area contributed by atoms with Gasteiger partial charge in [-0.25, -0.2) is 4.68 Å². The van der Waals surface area contributed by atoms with E-state index in [1.165, 1.54) is 43.2 Å². The van der Waals surface area contributed by atoms with E-state index >= 15 is 0 Å². The van der Waals surface area contributed by atoms with Crippen LogP contribution in [0.2, 0.25) is 0 Å². The van der Waals surface area contributed by atoms with E-state index in [1.807, 2.05) is 28.9 Å². The van der Waals surface area contributed by atoms with E-state index in [4.69, 9.17) is 5.10 Å². The number of unbranched alkanes of at least 4 members (excludes halogenated alkanes) is 2. The fraction of sp³-hybridized carbons (Fsp3) is 0.375. The number of nitrogens with zero attached hydrogens (tertiary/aromatic N) is 2. The number of amides is 1. The number of fused-ring (bicyclic) bond motifs is 1. The van der Waals surface area contributed by atoms with Crippen molar-refractivity contribution in [2.75, 3.05) is 0 Å². The van der Waals surface area contributed by atoms with Gasteiger partial charge in [-0.3, -0.25) is 4.79 Å². The van der Waals surface area contributed by atoms with Crippen LogP contribution in [0, 0.1) is 12.8 Å². The molecule has 1 aromatic heterocycles. The number of carbonyl (C=O) groups is 1. The van der Waals surface area contributed by atoms with Crippen molar-refractivity contribution in [3.05, 3.63) is 95.2 Å². The second-order valence-corrected chi connectivity index (χ2v) is 10.4. The lowest BCUT2D eigenvalue weighted by molar-refractivity contribution is 0.0931. The van der Waals surface area contributed by atoms with E-state index in [9.17, 15) is 4.79 Å². The van der Waals surface area contributed by atoms with E-state index in [1.54, 1.807) is 0 Å². The molecular formula is C32H37N3O. The van der Waals surface area contributed by atoms with E-state index < -0.39 is 0 Å². The van der Waals surface area contributed by atoms with Gasteiger partial charge in [0.15, 0.2) is 0 Å². The molecule has 0 radical (unpaired) electrons. The summed E-state index contributed by atoms with van der Waals surface area (Å²) >= 11 is 0. The Morgan fingerprint density at radius 3 is 2.50 bits per heavy atom. The molecule has 36 heavy (non-hydrogen) atoms. The van der Waals surface area contributed by atoms with Crippen molar-refractivity contribution in [1.29, 1.82) is 0 Å². The number of benzene rings is 3. The fourth-order valence-corrected chi connectivity index (χ4v) is 5.29. The Morgan fingerprint density at radius 1 is 1.03 bits per heavy atom. The third kappa shape index (κ3) is 5.09. The number of carbonyl (C=O) groups excluding carboxylic acids is 1. The maximum absolute atomic E-state index is 13.5. The highest BCUT2D eigenvalue weighted by Crippen LogP contribution is 2.42. The van der Waals surface area contributed by atoms with E-state index in [0.717, 1.165) is 28.7 Å². The lowest BCUT2D eigenvalue weighted by Crippen LogP contribution is -2.30. The molecule has 3 aromatic carbocycles. The van der Waals surface area contributed by atoms with Crippen molar-refractivity contribution >= 4 is 16.8 Å². The number of hydrogen-bond acceptors (Lipinski definition) is 2. The summed E-state index contributed by atoms with van der Waals surface area (Å²) in [7, 11) is 0. The molecule has 0 aliphatic heterocycles. The quantitative estimate of drug-likeness (QED) is 0.235. The molecule has 1 heterocycles. The fourth-order valence-electron chi connectivity index (χ4n) is 5.29. The molecule has 0 spiro atoms. The Balaban J connectivity index is 1.49. The van der Waals surface area contributed by atoms with E-state index in [0.29, 0.717) is 17.4 Å². The molecule has 4 nitrogen and oxygen atoms in total. The molecule has 5 rings (SSSR count). The van der Waals surface area contributed by atoms with Crippen molar-refractivity contribution in [1.82, 2.24) is 15.1 Å². The average molecular weight is 480 g/mol. The molecule has 4 aromatic rings. The SMILES string of the molecule is CCCCCC(C)c1nn(-c2ccccc2)c2ccc(C(=O)NC(c3ccccc3C)C3CC3)cc12. The van der Waals surface area contributed by atoms with Gasteiger partial charge in [-0.1, -0.05) is 75.6 Å². The van der Waals surface area contributed by atoms with Gasteiger partial charge in [0.05, 0.1) is 22.9 Å². The molecule has 2 atom stereocenters. The third-order valence-electron chi connectivity index (χ3n) is 7.58. The molecule has 1 fully saturated rings. The highest BCUT2D eigenvalue weighted by molar-refractivity contribution is 5.99. The molecule has 1 N–H and O–H groups in total. The molecule has 2 unspecified atom stereocenters. The van der Waals surface area contributed by atoms with Gasteiger partial charge in [0.25, 0.3) is 5.91 Å². The minimum atomic E-state index is -0.00546. The van der Waals surface area contributed by atoms with Crippen LogP contribution < -0.4 is 5.32 Å². The van der Waals surface area contributed by atoms with Crippen LogP contribution in [0.3, 0.4) is 0 Å². The molecular weight excluding hydrogens is 442 g/mol. The van der Waals surface area contributed by atoms with E-state index in [2.05, 4.69) is 74.6 Å². The Labute approximate surface area is 214 Å². The van der Waals surface area contributed by atoms with Gasteiger partial charge in [0, 0.05) is 16.9 Å². The summed E-state index contributed by atoms with van der Waals surface area (Å²) < 4.78 is 2.03. The summed E-state index contributed by atoms with van der Waals surface area (Å²) in [5, 5.41) is 9.54. The van der Waals surface area contributed by atoms with Crippen LogP contribution >= 0.6 is 0 Å². The summed E-state index contributed by atoms with van der Waals surface area (Å²) in [6.45, 7) is 6.63. The lowest BCUT2D eigenvalue weighted by atomic mass is 9.96. The van der Waals surface area contributed by atoms with Crippen LogP contribution in [0.1, 0.15) is 91.5 Å². The summed E-state index contributed by atoms with van der Waals surface area (Å²) in [6, 6.07) is 24.8. The molecule has 1 aliphatic rings. The van der Waals surface area contributed by atoms with Gasteiger partial charge in [0.2, 0.25) is 0 Å². The summed E-state index contributed by atoms with van der Waals surface area (Å²) in [6.07, 6.45) is 7.07. The first kappa shape index (κ1) is 24.3. The van der Waals surface area contributed by atoms with Crippen LogP contribution in [0.25, 0.3) is 16.6 Å². The molecule has 1 aliphatic carbocycles. The van der Waals surface area contributed by atoms with Crippen molar-refractivity contribution in [3.63, 3.8) is 0 Å². The first-order valence-corrected chi connectivity index (χ1v) is 13.5. The van der Waals surface area contributed by atoms with Crippen LogP contribution in [-0.4, -0.2) is 15.7 Å². The second kappa shape index (κ2) is 10.7.